The Hall–Kier alpha value is -2.68. The monoisotopic (exact) mass is 416 g/mol. The smallest absolute Gasteiger partial charge is 0.245 e. The molecule has 0 saturated heterocycles. The van der Waals surface area contributed by atoms with Gasteiger partial charge in [0.2, 0.25) is 15.9 Å². The zero-order valence-corrected chi connectivity index (χ0v) is 17.0. The van der Waals surface area contributed by atoms with Gasteiger partial charge in [-0.15, -0.1) is 11.3 Å². The third kappa shape index (κ3) is 4.59. The summed E-state index contributed by atoms with van der Waals surface area (Å²) in [5, 5.41) is 4.50. The minimum Gasteiger partial charge on any atom is -0.495 e. The first kappa shape index (κ1) is 20.1. The number of hydrogen-bond donors (Lipinski definition) is 2. The van der Waals surface area contributed by atoms with Gasteiger partial charge in [0.15, 0.2) is 0 Å². The van der Waals surface area contributed by atoms with Crippen LogP contribution in [0.25, 0.3) is 0 Å². The highest BCUT2D eigenvalue weighted by atomic mass is 32.2. The van der Waals surface area contributed by atoms with Gasteiger partial charge in [0, 0.05) is 17.5 Å². The van der Waals surface area contributed by atoms with Crippen LogP contribution < -0.4 is 14.8 Å². The number of hydrogen-bond acceptors (Lipinski definition) is 5. The molecule has 0 aliphatic carbocycles. The lowest BCUT2D eigenvalue weighted by Crippen LogP contribution is -2.29. The van der Waals surface area contributed by atoms with Gasteiger partial charge < -0.3 is 10.1 Å². The summed E-state index contributed by atoms with van der Waals surface area (Å²) in [5.41, 5.74) is 1.20. The van der Waals surface area contributed by atoms with Crippen LogP contribution >= 0.6 is 11.3 Å². The molecule has 146 valence electrons. The number of carbonyl (C=O) groups is 1. The fraction of sp³-hybridized carbons (Fsp3) is 0.150. The van der Waals surface area contributed by atoms with E-state index in [0.29, 0.717) is 5.69 Å². The lowest BCUT2D eigenvalue weighted by Gasteiger charge is -2.19. The Balaban J connectivity index is 2.02. The van der Waals surface area contributed by atoms with Gasteiger partial charge in [-0.05, 0) is 35.2 Å². The van der Waals surface area contributed by atoms with Crippen molar-refractivity contribution in [2.45, 2.75) is 17.9 Å². The standard InChI is InChI=1S/C20H20N2O4S2/c1-14(23)21-16-10-11-17(26-2)19(13-16)28(24,25)22-20(18-9-6-12-27-18)15-7-4-3-5-8-15/h3-13,20,22H,1-2H3,(H,21,23)/t20-/m1/s1. The maximum absolute atomic E-state index is 13.2. The number of rotatable bonds is 7. The Kier molecular flexibility index (Phi) is 6.13. The highest BCUT2D eigenvalue weighted by Crippen LogP contribution is 2.31. The molecule has 3 aromatic rings. The molecule has 1 heterocycles. The fourth-order valence-corrected chi connectivity index (χ4v) is 5.05. The Bertz CT molecular complexity index is 1050. The number of methoxy groups -OCH3 is 1. The minimum atomic E-state index is -3.95. The minimum absolute atomic E-state index is 0.0428. The van der Waals surface area contributed by atoms with Crippen LogP contribution in [0.5, 0.6) is 5.75 Å². The second-order valence-electron chi connectivity index (χ2n) is 6.03. The first-order valence-electron chi connectivity index (χ1n) is 8.47. The molecule has 0 unspecified atom stereocenters. The number of carbonyl (C=O) groups excluding carboxylic acids is 1. The molecule has 0 radical (unpaired) electrons. The summed E-state index contributed by atoms with van der Waals surface area (Å²) in [6, 6.07) is 17.1. The topological polar surface area (TPSA) is 84.5 Å². The second kappa shape index (κ2) is 8.55. The molecular formula is C20H20N2O4S2. The zero-order chi connectivity index (χ0) is 20.1. The summed E-state index contributed by atoms with van der Waals surface area (Å²) < 4.78 is 34.5. The highest BCUT2D eigenvalue weighted by molar-refractivity contribution is 7.89. The van der Waals surface area contributed by atoms with Gasteiger partial charge in [-0.25, -0.2) is 8.42 Å². The van der Waals surface area contributed by atoms with E-state index in [1.54, 1.807) is 6.07 Å². The van der Waals surface area contributed by atoms with Crippen molar-refractivity contribution >= 4 is 33.0 Å². The predicted octanol–water partition coefficient (Wildman–Crippen LogP) is 3.78. The van der Waals surface area contributed by atoms with E-state index < -0.39 is 16.1 Å². The Morgan fingerprint density at radius 3 is 2.43 bits per heavy atom. The molecule has 2 aromatic carbocycles. The molecule has 3 rings (SSSR count). The molecule has 0 bridgehead atoms. The van der Waals surface area contributed by atoms with Gasteiger partial charge in [-0.2, -0.15) is 4.72 Å². The number of thiophene rings is 1. The second-order valence-corrected chi connectivity index (χ2v) is 8.69. The van der Waals surface area contributed by atoms with E-state index in [-0.39, 0.29) is 16.6 Å². The summed E-state index contributed by atoms with van der Waals surface area (Å²) in [5.74, 6) is -0.0955. The van der Waals surface area contributed by atoms with E-state index >= 15 is 0 Å². The van der Waals surface area contributed by atoms with Gasteiger partial charge in [0.1, 0.15) is 10.6 Å². The molecular weight excluding hydrogens is 396 g/mol. The normalized spacial score (nSPS) is 12.4. The first-order chi connectivity index (χ1) is 13.4. The maximum Gasteiger partial charge on any atom is 0.245 e. The molecule has 8 heteroatoms. The van der Waals surface area contributed by atoms with Gasteiger partial charge >= 0.3 is 0 Å². The number of benzene rings is 2. The van der Waals surface area contributed by atoms with E-state index in [1.165, 1.54) is 37.5 Å². The van der Waals surface area contributed by atoms with Crippen molar-refractivity contribution in [3.05, 3.63) is 76.5 Å². The van der Waals surface area contributed by atoms with Gasteiger partial charge in [0.25, 0.3) is 0 Å². The van der Waals surface area contributed by atoms with Gasteiger partial charge in [0.05, 0.1) is 13.2 Å². The van der Waals surface area contributed by atoms with Crippen molar-refractivity contribution < 1.29 is 17.9 Å². The van der Waals surface area contributed by atoms with Crippen molar-refractivity contribution in [2.24, 2.45) is 0 Å². The van der Waals surface area contributed by atoms with E-state index in [0.717, 1.165) is 10.4 Å². The van der Waals surface area contributed by atoms with Crippen LogP contribution in [0.3, 0.4) is 0 Å². The van der Waals surface area contributed by atoms with Crippen LogP contribution in [-0.4, -0.2) is 21.4 Å². The molecule has 28 heavy (non-hydrogen) atoms. The van der Waals surface area contributed by atoms with Crippen molar-refractivity contribution in [1.82, 2.24) is 4.72 Å². The lowest BCUT2D eigenvalue weighted by atomic mass is 10.1. The van der Waals surface area contributed by atoms with E-state index in [4.69, 9.17) is 4.74 Å². The Morgan fingerprint density at radius 1 is 1.07 bits per heavy atom. The molecule has 0 spiro atoms. The molecule has 2 N–H and O–H groups in total. The average molecular weight is 417 g/mol. The van der Waals surface area contributed by atoms with Crippen molar-refractivity contribution in [3.63, 3.8) is 0 Å². The Morgan fingerprint density at radius 2 is 1.82 bits per heavy atom. The number of amides is 1. The zero-order valence-electron chi connectivity index (χ0n) is 15.4. The van der Waals surface area contributed by atoms with E-state index in [9.17, 15) is 13.2 Å². The largest absolute Gasteiger partial charge is 0.495 e. The number of anilines is 1. The molecule has 6 nitrogen and oxygen atoms in total. The fourth-order valence-electron chi connectivity index (χ4n) is 2.78. The SMILES string of the molecule is COc1ccc(NC(C)=O)cc1S(=O)(=O)N[C@H](c1ccccc1)c1cccs1. The third-order valence-corrected chi connectivity index (χ3v) is 6.39. The third-order valence-electron chi connectivity index (χ3n) is 4.01. The lowest BCUT2D eigenvalue weighted by molar-refractivity contribution is -0.114. The summed E-state index contributed by atoms with van der Waals surface area (Å²) in [6.45, 7) is 1.36. The summed E-state index contributed by atoms with van der Waals surface area (Å²) in [4.78, 5) is 12.2. The van der Waals surface area contributed by atoms with E-state index in [1.807, 2.05) is 47.8 Å². The van der Waals surface area contributed by atoms with Gasteiger partial charge in [-0.3, -0.25) is 4.79 Å². The molecule has 0 aliphatic heterocycles. The van der Waals surface area contributed by atoms with Crippen LogP contribution in [0.2, 0.25) is 0 Å². The first-order valence-corrected chi connectivity index (χ1v) is 10.8. The van der Waals surface area contributed by atoms with E-state index in [2.05, 4.69) is 10.0 Å². The van der Waals surface area contributed by atoms with Crippen molar-refractivity contribution in [2.75, 3.05) is 12.4 Å². The number of sulfonamides is 1. The summed E-state index contributed by atoms with van der Waals surface area (Å²) in [6.07, 6.45) is 0. The molecule has 0 aliphatic rings. The van der Waals surface area contributed by atoms with Crippen LogP contribution in [0, 0.1) is 0 Å². The van der Waals surface area contributed by atoms with Crippen molar-refractivity contribution in [3.8, 4) is 5.75 Å². The quantitative estimate of drug-likeness (QED) is 0.614. The molecule has 0 saturated carbocycles. The summed E-state index contributed by atoms with van der Waals surface area (Å²) in [7, 11) is -2.55. The number of ether oxygens (including phenoxy) is 1. The molecule has 1 aromatic heterocycles. The summed E-state index contributed by atoms with van der Waals surface area (Å²) >= 11 is 1.47. The van der Waals surface area contributed by atoms with Crippen LogP contribution in [-0.2, 0) is 14.8 Å². The molecule has 1 amide bonds. The van der Waals surface area contributed by atoms with Crippen LogP contribution in [0.4, 0.5) is 5.69 Å². The molecule has 0 fully saturated rings. The van der Waals surface area contributed by atoms with Crippen LogP contribution in [0.15, 0.2) is 70.9 Å². The molecule has 1 atom stereocenters. The maximum atomic E-state index is 13.2. The predicted molar refractivity (Wildman–Crippen MR) is 110 cm³/mol. The number of nitrogens with one attached hydrogen (secondary N) is 2. The van der Waals surface area contributed by atoms with Crippen LogP contribution in [0.1, 0.15) is 23.4 Å². The van der Waals surface area contributed by atoms with Crippen molar-refractivity contribution in [1.29, 1.82) is 0 Å². The van der Waals surface area contributed by atoms with Gasteiger partial charge in [-0.1, -0.05) is 36.4 Å². The highest BCUT2D eigenvalue weighted by Gasteiger charge is 2.26. The Labute approximate surface area is 168 Å². The average Bonchev–Trinajstić information content (AvgIpc) is 3.21.